The second-order valence-electron chi connectivity index (χ2n) is 4.96. The van der Waals surface area contributed by atoms with E-state index in [-0.39, 0.29) is 11.6 Å². The quantitative estimate of drug-likeness (QED) is 0.726. The van der Waals surface area contributed by atoms with Crippen molar-refractivity contribution in [2.24, 2.45) is 5.92 Å². The lowest BCUT2D eigenvalue weighted by atomic mass is 9.92. The van der Waals surface area contributed by atoms with Gasteiger partial charge in [-0.1, -0.05) is 6.07 Å². The van der Waals surface area contributed by atoms with Crippen LogP contribution < -0.4 is 11.1 Å². The van der Waals surface area contributed by atoms with Crippen molar-refractivity contribution in [2.75, 3.05) is 24.3 Å². The third-order valence-corrected chi connectivity index (χ3v) is 3.67. The average molecular weight is 264 g/mol. The van der Waals surface area contributed by atoms with E-state index in [1.807, 2.05) is 0 Å². The van der Waals surface area contributed by atoms with Gasteiger partial charge in [-0.05, 0) is 37.8 Å². The summed E-state index contributed by atoms with van der Waals surface area (Å²) in [5.41, 5.74) is 7.10. The fraction of sp³-hybridized carbons (Fsp3) is 0.500. The van der Waals surface area contributed by atoms with Crippen LogP contribution in [0.25, 0.3) is 0 Å². The summed E-state index contributed by atoms with van der Waals surface area (Å²) in [7, 11) is 0. The van der Waals surface area contributed by atoms with Gasteiger partial charge in [-0.15, -0.1) is 0 Å². The van der Waals surface area contributed by atoms with Crippen molar-refractivity contribution in [3.63, 3.8) is 0 Å². The largest absolute Gasteiger partial charge is 0.478 e. The van der Waals surface area contributed by atoms with Crippen molar-refractivity contribution in [1.82, 2.24) is 0 Å². The second-order valence-corrected chi connectivity index (χ2v) is 4.96. The molecule has 1 fully saturated rings. The number of anilines is 2. The maximum absolute atomic E-state index is 11.2. The summed E-state index contributed by atoms with van der Waals surface area (Å²) in [4.78, 5) is 11.2. The van der Waals surface area contributed by atoms with Gasteiger partial charge >= 0.3 is 5.97 Å². The Labute approximate surface area is 112 Å². The SMILES string of the molecule is CC(Nc1c(N)cccc1C(=O)O)C1CCOCC1. The Morgan fingerprint density at radius 3 is 2.79 bits per heavy atom. The monoisotopic (exact) mass is 264 g/mol. The third kappa shape index (κ3) is 3.17. The number of hydrogen-bond donors (Lipinski definition) is 3. The first kappa shape index (κ1) is 13.7. The number of carboxylic acid groups (broad SMARTS) is 1. The van der Waals surface area contributed by atoms with E-state index in [9.17, 15) is 9.90 Å². The van der Waals surface area contributed by atoms with Crippen LogP contribution in [0.3, 0.4) is 0 Å². The summed E-state index contributed by atoms with van der Waals surface area (Å²) < 4.78 is 5.34. The molecule has 2 rings (SSSR count). The molecule has 1 aromatic rings. The van der Waals surface area contributed by atoms with Crippen molar-refractivity contribution in [3.8, 4) is 0 Å². The van der Waals surface area contributed by atoms with Crippen LogP contribution >= 0.6 is 0 Å². The summed E-state index contributed by atoms with van der Waals surface area (Å²) in [6, 6.07) is 5.11. The van der Waals surface area contributed by atoms with Gasteiger partial charge in [-0.2, -0.15) is 0 Å². The molecule has 104 valence electrons. The number of para-hydroxylation sites is 1. The Hall–Kier alpha value is -1.75. The molecule has 0 saturated carbocycles. The lowest BCUT2D eigenvalue weighted by Crippen LogP contribution is -2.31. The van der Waals surface area contributed by atoms with Crippen LogP contribution in [0.15, 0.2) is 18.2 Å². The second kappa shape index (κ2) is 5.93. The molecule has 1 aliphatic rings. The van der Waals surface area contributed by atoms with Crippen molar-refractivity contribution < 1.29 is 14.6 Å². The zero-order valence-electron chi connectivity index (χ0n) is 11.1. The Bertz CT molecular complexity index is 456. The van der Waals surface area contributed by atoms with E-state index in [1.54, 1.807) is 18.2 Å². The Morgan fingerprint density at radius 1 is 1.47 bits per heavy atom. The molecule has 19 heavy (non-hydrogen) atoms. The van der Waals surface area contributed by atoms with E-state index in [1.165, 1.54) is 0 Å². The van der Waals surface area contributed by atoms with Crippen molar-refractivity contribution in [1.29, 1.82) is 0 Å². The summed E-state index contributed by atoms with van der Waals surface area (Å²) in [5.74, 6) is -0.482. The first-order valence-corrected chi connectivity index (χ1v) is 6.55. The highest BCUT2D eigenvalue weighted by molar-refractivity contribution is 5.97. The maximum Gasteiger partial charge on any atom is 0.337 e. The molecule has 0 radical (unpaired) electrons. The highest BCUT2D eigenvalue weighted by Crippen LogP contribution is 2.28. The number of ether oxygens (including phenoxy) is 1. The van der Waals surface area contributed by atoms with E-state index in [0.29, 0.717) is 17.3 Å². The Kier molecular flexibility index (Phi) is 4.27. The third-order valence-electron chi connectivity index (χ3n) is 3.67. The van der Waals surface area contributed by atoms with Gasteiger partial charge in [0.25, 0.3) is 0 Å². The molecule has 1 heterocycles. The van der Waals surface area contributed by atoms with E-state index < -0.39 is 5.97 Å². The van der Waals surface area contributed by atoms with Gasteiger partial charge in [-0.25, -0.2) is 4.79 Å². The average Bonchev–Trinajstić information content (AvgIpc) is 2.41. The van der Waals surface area contributed by atoms with Crippen LogP contribution in [-0.2, 0) is 4.74 Å². The molecular formula is C14H20N2O3. The normalized spacial score (nSPS) is 17.9. The number of nitrogens with two attached hydrogens (primary N) is 1. The van der Waals surface area contributed by atoms with Crippen molar-refractivity contribution in [2.45, 2.75) is 25.8 Å². The lowest BCUT2D eigenvalue weighted by Gasteiger charge is -2.29. The van der Waals surface area contributed by atoms with Crippen LogP contribution in [0, 0.1) is 5.92 Å². The molecule has 1 aliphatic heterocycles. The van der Waals surface area contributed by atoms with Crippen LogP contribution in [0.5, 0.6) is 0 Å². The summed E-state index contributed by atoms with van der Waals surface area (Å²) in [5, 5.41) is 12.5. The molecule has 0 amide bonds. The van der Waals surface area contributed by atoms with Gasteiger partial charge in [0.15, 0.2) is 0 Å². The fourth-order valence-electron chi connectivity index (χ4n) is 2.47. The van der Waals surface area contributed by atoms with Gasteiger partial charge in [-0.3, -0.25) is 0 Å². The minimum absolute atomic E-state index is 0.173. The number of hydrogen-bond acceptors (Lipinski definition) is 4. The van der Waals surface area contributed by atoms with E-state index in [0.717, 1.165) is 26.1 Å². The summed E-state index contributed by atoms with van der Waals surface area (Å²) >= 11 is 0. The number of carboxylic acids is 1. The smallest absolute Gasteiger partial charge is 0.337 e. The van der Waals surface area contributed by atoms with Gasteiger partial charge in [0.1, 0.15) is 0 Å². The van der Waals surface area contributed by atoms with Crippen molar-refractivity contribution in [3.05, 3.63) is 23.8 Å². The first-order valence-electron chi connectivity index (χ1n) is 6.55. The van der Waals surface area contributed by atoms with Gasteiger partial charge < -0.3 is 20.9 Å². The highest BCUT2D eigenvalue weighted by atomic mass is 16.5. The van der Waals surface area contributed by atoms with Gasteiger partial charge in [0.05, 0.1) is 16.9 Å². The molecule has 0 bridgehead atoms. The first-order chi connectivity index (χ1) is 9.09. The molecule has 4 N–H and O–H groups in total. The van der Waals surface area contributed by atoms with Crippen molar-refractivity contribution >= 4 is 17.3 Å². The summed E-state index contributed by atoms with van der Waals surface area (Å²) in [6.45, 7) is 3.60. The Balaban J connectivity index is 2.15. The van der Waals surface area contributed by atoms with Crippen LogP contribution in [-0.4, -0.2) is 30.3 Å². The molecule has 5 nitrogen and oxygen atoms in total. The van der Waals surface area contributed by atoms with E-state index in [2.05, 4.69) is 12.2 Å². The van der Waals surface area contributed by atoms with Crippen LogP contribution in [0.4, 0.5) is 11.4 Å². The molecule has 1 saturated heterocycles. The van der Waals surface area contributed by atoms with E-state index in [4.69, 9.17) is 10.5 Å². The molecule has 0 aromatic heterocycles. The predicted molar refractivity (Wildman–Crippen MR) is 74.4 cm³/mol. The van der Waals surface area contributed by atoms with Gasteiger partial charge in [0, 0.05) is 19.3 Å². The number of aromatic carboxylic acids is 1. The molecule has 0 aliphatic carbocycles. The highest BCUT2D eigenvalue weighted by Gasteiger charge is 2.22. The standard InChI is InChI=1S/C14H20N2O3/c1-9(10-5-7-19-8-6-10)16-13-11(14(17)18)3-2-4-12(13)15/h2-4,9-10,16H,5-8,15H2,1H3,(H,17,18). The Morgan fingerprint density at radius 2 is 2.16 bits per heavy atom. The molecular weight excluding hydrogens is 244 g/mol. The van der Waals surface area contributed by atoms with Crippen LogP contribution in [0.1, 0.15) is 30.1 Å². The number of carbonyl (C=O) groups is 1. The number of rotatable bonds is 4. The number of nitrogen functional groups attached to an aromatic ring is 1. The number of benzene rings is 1. The van der Waals surface area contributed by atoms with Gasteiger partial charge in [0.2, 0.25) is 0 Å². The summed E-state index contributed by atoms with van der Waals surface area (Å²) in [6.07, 6.45) is 1.98. The molecule has 1 aromatic carbocycles. The fourth-order valence-corrected chi connectivity index (χ4v) is 2.47. The zero-order chi connectivity index (χ0) is 13.8. The minimum atomic E-state index is -0.964. The lowest BCUT2D eigenvalue weighted by molar-refractivity contribution is 0.0621. The van der Waals surface area contributed by atoms with E-state index >= 15 is 0 Å². The van der Waals surface area contributed by atoms with Crippen LogP contribution in [0.2, 0.25) is 0 Å². The maximum atomic E-state index is 11.2. The predicted octanol–water partition coefficient (Wildman–Crippen LogP) is 2.19. The molecule has 5 heteroatoms. The zero-order valence-corrected chi connectivity index (χ0v) is 11.1. The number of nitrogens with one attached hydrogen (secondary N) is 1. The molecule has 1 unspecified atom stereocenters. The molecule has 0 spiro atoms. The molecule has 1 atom stereocenters. The minimum Gasteiger partial charge on any atom is -0.478 e. The topological polar surface area (TPSA) is 84.6 Å².